The van der Waals surface area contributed by atoms with E-state index in [0.29, 0.717) is 16.5 Å². The van der Waals surface area contributed by atoms with Crippen LogP contribution in [0.3, 0.4) is 0 Å². The van der Waals surface area contributed by atoms with Crippen LogP contribution in [0.5, 0.6) is 0 Å². The molecule has 0 bridgehead atoms. The van der Waals surface area contributed by atoms with Crippen molar-refractivity contribution in [3.8, 4) is 0 Å². The van der Waals surface area contributed by atoms with Crippen molar-refractivity contribution in [3.05, 3.63) is 58.6 Å². The molecule has 0 saturated heterocycles. The first-order valence-electron chi connectivity index (χ1n) is 7.02. The van der Waals surface area contributed by atoms with Crippen molar-refractivity contribution < 1.29 is 4.79 Å². The predicted octanol–water partition coefficient (Wildman–Crippen LogP) is 3.50. The fraction of sp³-hybridized carbons (Fsp3) is 0.312. The fourth-order valence-electron chi connectivity index (χ4n) is 2.12. The van der Waals surface area contributed by atoms with Gasteiger partial charge in [-0.15, -0.1) is 0 Å². The molecular formula is C16H16ClN3O. The number of amides is 1. The molecule has 1 fully saturated rings. The Kier molecular flexibility index (Phi) is 3.88. The topological polar surface area (TPSA) is 54.9 Å². The molecule has 21 heavy (non-hydrogen) atoms. The van der Waals surface area contributed by atoms with Crippen molar-refractivity contribution in [2.24, 2.45) is 0 Å². The molecule has 0 aliphatic heterocycles. The molecule has 0 radical (unpaired) electrons. The van der Waals surface area contributed by atoms with Crippen LogP contribution in [0.25, 0.3) is 0 Å². The van der Waals surface area contributed by atoms with Gasteiger partial charge in [0.1, 0.15) is 5.82 Å². The summed E-state index contributed by atoms with van der Waals surface area (Å²) >= 11 is 5.86. The maximum Gasteiger partial charge on any atom is 0.254 e. The van der Waals surface area contributed by atoms with Gasteiger partial charge in [-0.05, 0) is 37.5 Å². The minimum atomic E-state index is -0.167. The second kappa shape index (κ2) is 5.82. The van der Waals surface area contributed by atoms with Gasteiger partial charge in [0.15, 0.2) is 0 Å². The molecule has 1 saturated carbocycles. The second-order valence-electron chi connectivity index (χ2n) is 5.35. The third-order valence-corrected chi connectivity index (χ3v) is 3.85. The molecule has 1 N–H and O–H groups in total. The van der Waals surface area contributed by atoms with Crippen molar-refractivity contribution in [2.75, 3.05) is 0 Å². The van der Waals surface area contributed by atoms with Gasteiger partial charge >= 0.3 is 0 Å². The Morgan fingerprint density at radius 1 is 1.24 bits per heavy atom. The Bertz CT molecular complexity index is 636. The van der Waals surface area contributed by atoms with Gasteiger partial charge in [-0.2, -0.15) is 0 Å². The second-order valence-corrected chi connectivity index (χ2v) is 5.79. The zero-order chi connectivity index (χ0) is 14.8. The minimum absolute atomic E-state index is 0.0992. The summed E-state index contributed by atoms with van der Waals surface area (Å²) in [6.07, 6.45) is 5.51. The highest BCUT2D eigenvalue weighted by Crippen LogP contribution is 2.37. The smallest absolute Gasteiger partial charge is 0.254 e. The van der Waals surface area contributed by atoms with E-state index in [-0.39, 0.29) is 11.9 Å². The molecule has 108 valence electrons. The lowest BCUT2D eigenvalue weighted by Crippen LogP contribution is -2.27. The van der Waals surface area contributed by atoms with E-state index in [1.807, 2.05) is 31.2 Å². The van der Waals surface area contributed by atoms with Crippen LogP contribution in [0.1, 0.15) is 53.5 Å². The number of aromatic nitrogens is 2. The first-order chi connectivity index (χ1) is 10.1. The molecule has 1 atom stereocenters. The Morgan fingerprint density at radius 2 is 1.86 bits per heavy atom. The number of benzene rings is 1. The number of carbonyl (C=O) groups excluding carboxylic acids is 1. The number of hydrogen-bond acceptors (Lipinski definition) is 3. The van der Waals surface area contributed by atoms with Crippen LogP contribution in [0.15, 0.2) is 36.7 Å². The third kappa shape index (κ3) is 3.39. The van der Waals surface area contributed by atoms with E-state index in [9.17, 15) is 4.79 Å². The van der Waals surface area contributed by atoms with Gasteiger partial charge in [-0.1, -0.05) is 23.7 Å². The molecule has 1 aliphatic rings. The van der Waals surface area contributed by atoms with E-state index >= 15 is 0 Å². The van der Waals surface area contributed by atoms with Gasteiger partial charge in [0.25, 0.3) is 5.91 Å². The molecule has 1 aromatic heterocycles. The van der Waals surface area contributed by atoms with Gasteiger partial charge in [0, 0.05) is 23.3 Å². The molecule has 3 rings (SSSR count). The molecular weight excluding hydrogens is 286 g/mol. The molecule has 1 amide bonds. The lowest BCUT2D eigenvalue weighted by atomic mass is 10.1. The normalized spacial score (nSPS) is 15.5. The standard InChI is InChI=1S/C16H16ClN3O/c1-10(11-4-6-14(17)7-5-11)20-16(21)13-8-18-15(19-9-13)12-2-3-12/h4-10,12H,2-3H2,1H3,(H,20,21). The highest BCUT2D eigenvalue weighted by Gasteiger charge is 2.26. The van der Waals surface area contributed by atoms with Crippen molar-refractivity contribution >= 4 is 17.5 Å². The van der Waals surface area contributed by atoms with Gasteiger partial charge in [-0.3, -0.25) is 4.79 Å². The number of rotatable bonds is 4. The quantitative estimate of drug-likeness (QED) is 0.940. The van der Waals surface area contributed by atoms with Crippen molar-refractivity contribution in [2.45, 2.75) is 31.7 Å². The average molecular weight is 302 g/mol. The summed E-state index contributed by atoms with van der Waals surface area (Å²) in [7, 11) is 0. The van der Waals surface area contributed by atoms with Crippen LogP contribution in [-0.4, -0.2) is 15.9 Å². The maximum absolute atomic E-state index is 12.2. The average Bonchev–Trinajstić information content (AvgIpc) is 3.32. The first-order valence-corrected chi connectivity index (χ1v) is 7.39. The largest absolute Gasteiger partial charge is 0.345 e. The highest BCUT2D eigenvalue weighted by molar-refractivity contribution is 6.30. The predicted molar refractivity (Wildman–Crippen MR) is 81.3 cm³/mol. The van der Waals surface area contributed by atoms with Crippen molar-refractivity contribution in [3.63, 3.8) is 0 Å². The Labute approximate surface area is 128 Å². The van der Waals surface area contributed by atoms with Crippen LogP contribution in [0.2, 0.25) is 5.02 Å². The number of carbonyl (C=O) groups is 1. The monoisotopic (exact) mass is 301 g/mol. The summed E-state index contributed by atoms with van der Waals surface area (Å²) < 4.78 is 0. The van der Waals surface area contributed by atoms with E-state index in [1.54, 1.807) is 12.4 Å². The highest BCUT2D eigenvalue weighted by atomic mass is 35.5. The van der Waals surface area contributed by atoms with E-state index in [0.717, 1.165) is 24.2 Å². The van der Waals surface area contributed by atoms with Crippen LogP contribution < -0.4 is 5.32 Å². The van der Waals surface area contributed by atoms with Crippen molar-refractivity contribution in [1.29, 1.82) is 0 Å². The number of nitrogens with zero attached hydrogens (tertiary/aromatic N) is 2. The summed E-state index contributed by atoms with van der Waals surface area (Å²) in [5.74, 6) is 1.17. The lowest BCUT2D eigenvalue weighted by Gasteiger charge is -2.14. The van der Waals surface area contributed by atoms with Crippen LogP contribution in [0, 0.1) is 0 Å². The van der Waals surface area contributed by atoms with Gasteiger partial charge in [-0.25, -0.2) is 9.97 Å². The fourth-order valence-corrected chi connectivity index (χ4v) is 2.25. The minimum Gasteiger partial charge on any atom is -0.345 e. The van der Waals surface area contributed by atoms with Gasteiger partial charge < -0.3 is 5.32 Å². The van der Waals surface area contributed by atoms with E-state index in [1.165, 1.54) is 0 Å². The van der Waals surface area contributed by atoms with Crippen molar-refractivity contribution in [1.82, 2.24) is 15.3 Å². The van der Waals surface area contributed by atoms with Crippen LogP contribution in [-0.2, 0) is 0 Å². The van der Waals surface area contributed by atoms with Gasteiger partial charge in [0.2, 0.25) is 0 Å². The number of nitrogens with one attached hydrogen (secondary N) is 1. The van der Waals surface area contributed by atoms with E-state index in [2.05, 4.69) is 15.3 Å². The Hall–Kier alpha value is -1.94. The summed E-state index contributed by atoms with van der Waals surface area (Å²) in [6, 6.07) is 7.33. The van der Waals surface area contributed by atoms with E-state index < -0.39 is 0 Å². The Balaban J connectivity index is 1.65. The summed E-state index contributed by atoms with van der Waals surface area (Å²) in [5.41, 5.74) is 1.49. The molecule has 1 aliphatic carbocycles. The Morgan fingerprint density at radius 3 is 2.43 bits per heavy atom. The molecule has 5 heteroatoms. The molecule has 2 aromatic rings. The zero-order valence-electron chi connectivity index (χ0n) is 11.7. The lowest BCUT2D eigenvalue weighted by molar-refractivity contribution is 0.0939. The zero-order valence-corrected chi connectivity index (χ0v) is 12.5. The van der Waals surface area contributed by atoms with Crippen LogP contribution >= 0.6 is 11.6 Å². The van der Waals surface area contributed by atoms with E-state index in [4.69, 9.17) is 11.6 Å². The third-order valence-electron chi connectivity index (χ3n) is 3.59. The van der Waals surface area contributed by atoms with Crippen LogP contribution in [0.4, 0.5) is 0 Å². The SMILES string of the molecule is CC(NC(=O)c1cnc(C2CC2)nc1)c1ccc(Cl)cc1. The molecule has 4 nitrogen and oxygen atoms in total. The molecule has 0 spiro atoms. The molecule has 1 heterocycles. The maximum atomic E-state index is 12.2. The molecule has 1 aromatic carbocycles. The summed E-state index contributed by atoms with van der Waals surface area (Å²) in [4.78, 5) is 20.7. The summed E-state index contributed by atoms with van der Waals surface area (Å²) in [6.45, 7) is 1.93. The summed E-state index contributed by atoms with van der Waals surface area (Å²) in [5, 5.41) is 3.62. The number of halogens is 1. The number of hydrogen-bond donors (Lipinski definition) is 1. The first kappa shape index (κ1) is 14.0. The van der Waals surface area contributed by atoms with Gasteiger partial charge in [0.05, 0.1) is 11.6 Å². The molecule has 1 unspecified atom stereocenters.